The molecule has 3 rings (SSSR count). The number of likely N-dealkylation sites (N-methyl/N-ethyl adjacent to an activating group) is 1. The van der Waals surface area contributed by atoms with Crippen LogP contribution in [-0.4, -0.2) is 54.5 Å². The number of nitrogens with one attached hydrogen (secondary N) is 2. The number of ether oxygens (including phenoxy) is 1. The highest BCUT2D eigenvalue weighted by atomic mass is 19.1. The second kappa shape index (κ2) is 10.2. The first-order chi connectivity index (χ1) is 14.3. The molecule has 1 heterocycles. The Hall–Kier alpha value is -2.22. The number of carbonyl (C=O) groups excluding carboxylic acids is 2. The molecule has 0 aromatic heterocycles. The lowest BCUT2D eigenvalue weighted by atomic mass is 9.92. The molecule has 0 bridgehead atoms. The van der Waals surface area contributed by atoms with Crippen molar-refractivity contribution in [3.05, 3.63) is 29.8 Å². The van der Waals surface area contributed by atoms with Gasteiger partial charge in [-0.3, -0.25) is 14.5 Å². The standard InChI is InChI=1S/C22H31F2N3O3/c1-14(28)25-13-19-6-5-18(27(19)2)12-22(29)26-17-3-7-20(8-4-17)30-21-10-15(23)9-16(24)11-21/h9-11,17-20H,3-8,12-13H2,1-2H3,(H,25,28)(H,26,29)/t17?,18-,19+,20?/m0/s1. The van der Waals surface area contributed by atoms with E-state index in [9.17, 15) is 18.4 Å². The minimum atomic E-state index is -0.651. The molecule has 1 aromatic rings. The molecule has 2 N–H and O–H groups in total. The fraction of sp³-hybridized carbons (Fsp3) is 0.636. The Kier molecular flexibility index (Phi) is 7.64. The van der Waals surface area contributed by atoms with E-state index in [1.807, 2.05) is 7.05 Å². The van der Waals surface area contributed by atoms with E-state index < -0.39 is 11.6 Å². The summed E-state index contributed by atoms with van der Waals surface area (Å²) < 4.78 is 32.3. The highest BCUT2D eigenvalue weighted by molar-refractivity contribution is 5.77. The van der Waals surface area contributed by atoms with E-state index in [0.29, 0.717) is 13.0 Å². The third kappa shape index (κ3) is 6.39. The lowest BCUT2D eigenvalue weighted by Gasteiger charge is -2.30. The Bertz CT molecular complexity index is 733. The van der Waals surface area contributed by atoms with Crippen LogP contribution in [0.3, 0.4) is 0 Å². The van der Waals surface area contributed by atoms with Crippen LogP contribution < -0.4 is 15.4 Å². The summed E-state index contributed by atoms with van der Waals surface area (Å²) in [5.41, 5.74) is 0. The quantitative estimate of drug-likeness (QED) is 0.708. The van der Waals surface area contributed by atoms with Crippen LogP contribution in [0.4, 0.5) is 8.78 Å². The van der Waals surface area contributed by atoms with Crippen molar-refractivity contribution in [2.24, 2.45) is 0 Å². The number of hydrogen-bond donors (Lipinski definition) is 2. The summed E-state index contributed by atoms with van der Waals surface area (Å²) in [6.07, 6.45) is 5.27. The topological polar surface area (TPSA) is 70.7 Å². The molecule has 1 saturated carbocycles. The molecule has 0 radical (unpaired) electrons. The number of halogens is 2. The molecule has 0 unspecified atom stereocenters. The third-order valence-electron chi connectivity index (χ3n) is 6.17. The fourth-order valence-corrected chi connectivity index (χ4v) is 4.46. The van der Waals surface area contributed by atoms with Crippen LogP contribution in [0.25, 0.3) is 0 Å². The molecule has 6 nitrogen and oxygen atoms in total. The van der Waals surface area contributed by atoms with E-state index in [-0.39, 0.29) is 41.8 Å². The summed E-state index contributed by atoms with van der Waals surface area (Å²) in [6, 6.07) is 3.76. The van der Waals surface area contributed by atoms with Crippen LogP contribution in [-0.2, 0) is 9.59 Å². The maximum absolute atomic E-state index is 13.3. The molecule has 1 saturated heterocycles. The second-order valence-electron chi connectivity index (χ2n) is 8.46. The molecule has 166 valence electrons. The molecule has 2 fully saturated rings. The summed E-state index contributed by atoms with van der Waals surface area (Å²) in [7, 11) is 2.01. The first-order valence-corrected chi connectivity index (χ1v) is 10.7. The predicted octanol–water partition coefficient (Wildman–Crippen LogP) is 2.76. The number of amides is 2. The summed E-state index contributed by atoms with van der Waals surface area (Å²) in [4.78, 5) is 25.8. The van der Waals surface area contributed by atoms with Gasteiger partial charge in [0.05, 0.1) is 6.10 Å². The smallest absolute Gasteiger partial charge is 0.221 e. The molecule has 1 aliphatic carbocycles. The van der Waals surface area contributed by atoms with E-state index in [2.05, 4.69) is 15.5 Å². The number of nitrogens with zero attached hydrogens (tertiary/aromatic N) is 1. The van der Waals surface area contributed by atoms with Gasteiger partial charge in [-0.2, -0.15) is 0 Å². The normalized spacial score (nSPS) is 26.9. The molecule has 30 heavy (non-hydrogen) atoms. The van der Waals surface area contributed by atoms with Crippen LogP contribution >= 0.6 is 0 Å². The van der Waals surface area contributed by atoms with E-state index in [1.54, 1.807) is 0 Å². The third-order valence-corrected chi connectivity index (χ3v) is 6.17. The van der Waals surface area contributed by atoms with Crippen molar-refractivity contribution in [3.63, 3.8) is 0 Å². The Labute approximate surface area is 176 Å². The fourth-order valence-electron chi connectivity index (χ4n) is 4.46. The summed E-state index contributed by atoms with van der Waals surface area (Å²) in [5, 5.41) is 5.97. The Balaban J connectivity index is 1.38. The van der Waals surface area contributed by atoms with Gasteiger partial charge < -0.3 is 15.4 Å². The van der Waals surface area contributed by atoms with Crippen molar-refractivity contribution in [2.75, 3.05) is 13.6 Å². The van der Waals surface area contributed by atoms with Crippen molar-refractivity contribution in [1.29, 1.82) is 0 Å². The van der Waals surface area contributed by atoms with Crippen molar-refractivity contribution in [3.8, 4) is 5.75 Å². The zero-order chi connectivity index (χ0) is 21.7. The summed E-state index contributed by atoms with van der Waals surface area (Å²) in [6.45, 7) is 2.12. The van der Waals surface area contributed by atoms with Crippen LogP contribution in [0.5, 0.6) is 5.75 Å². The molecule has 2 atom stereocenters. The van der Waals surface area contributed by atoms with Gasteiger partial charge in [0.2, 0.25) is 11.8 Å². The van der Waals surface area contributed by atoms with Crippen LogP contribution in [0.1, 0.15) is 51.9 Å². The molecule has 1 aliphatic heterocycles. The summed E-state index contributed by atoms with van der Waals surface area (Å²) >= 11 is 0. The van der Waals surface area contributed by atoms with Crippen LogP contribution in [0, 0.1) is 11.6 Å². The molecule has 1 aromatic carbocycles. The number of hydrogen-bond acceptors (Lipinski definition) is 4. The molecule has 2 amide bonds. The van der Waals surface area contributed by atoms with Gasteiger partial charge in [0.1, 0.15) is 17.4 Å². The number of carbonyl (C=O) groups is 2. The summed E-state index contributed by atoms with van der Waals surface area (Å²) in [5.74, 6) is -1.09. The number of rotatable bonds is 7. The van der Waals surface area contributed by atoms with E-state index in [4.69, 9.17) is 4.74 Å². The average molecular weight is 424 g/mol. The van der Waals surface area contributed by atoms with Gasteiger partial charge in [-0.05, 0) is 45.6 Å². The van der Waals surface area contributed by atoms with E-state index in [1.165, 1.54) is 19.1 Å². The minimum absolute atomic E-state index is 0.0355. The predicted molar refractivity (Wildman–Crippen MR) is 109 cm³/mol. The first-order valence-electron chi connectivity index (χ1n) is 10.7. The van der Waals surface area contributed by atoms with Gasteiger partial charge in [0.15, 0.2) is 0 Å². The Morgan fingerprint density at radius 2 is 1.67 bits per heavy atom. The van der Waals surface area contributed by atoms with Gasteiger partial charge in [0, 0.05) is 56.2 Å². The molecule has 2 aliphatic rings. The Morgan fingerprint density at radius 3 is 2.30 bits per heavy atom. The molecular weight excluding hydrogens is 392 g/mol. The van der Waals surface area contributed by atoms with Gasteiger partial charge in [0.25, 0.3) is 0 Å². The molecule has 0 spiro atoms. The molecular formula is C22H31F2N3O3. The van der Waals surface area contributed by atoms with Crippen molar-refractivity contribution in [2.45, 2.75) is 76.1 Å². The monoisotopic (exact) mass is 423 g/mol. The van der Waals surface area contributed by atoms with Crippen molar-refractivity contribution in [1.82, 2.24) is 15.5 Å². The first kappa shape index (κ1) is 22.5. The number of benzene rings is 1. The highest BCUT2D eigenvalue weighted by Crippen LogP contribution is 2.27. The maximum Gasteiger partial charge on any atom is 0.221 e. The zero-order valence-electron chi connectivity index (χ0n) is 17.6. The van der Waals surface area contributed by atoms with Crippen molar-refractivity contribution < 1.29 is 23.1 Å². The second-order valence-corrected chi connectivity index (χ2v) is 8.46. The van der Waals surface area contributed by atoms with Crippen molar-refractivity contribution >= 4 is 11.8 Å². The lowest BCUT2D eigenvalue weighted by Crippen LogP contribution is -2.44. The van der Waals surface area contributed by atoms with Gasteiger partial charge in [-0.1, -0.05) is 0 Å². The average Bonchev–Trinajstić information content (AvgIpc) is 3.00. The number of likely N-dealkylation sites (tertiary alicyclic amines) is 1. The molecule has 8 heteroatoms. The van der Waals surface area contributed by atoms with Gasteiger partial charge in [-0.25, -0.2) is 8.78 Å². The zero-order valence-corrected chi connectivity index (χ0v) is 17.6. The van der Waals surface area contributed by atoms with E-state index in [0.717, 1.165) is 44.6 Å². The Morgan fingerprint density at radius 1 is 1.03 bits per heavy atom. The van der Waals surface area contributed by atoms with E-state index >= 15 is 0 Å². The van der Waals surface area contributed by atoms with Gasteiger partial charge in [-0.15, -0.1) is 0 Å². The highest BCUT2D eigenvalue weighted by Gasteiger charge is 2.32. The SMILES string of the molecule is CC(=O)NC[C@H]1CC[C@@H](CC(=O)NC2CCC(Oc3cc(F)cc(F)c3)CC2)N1C. The lowest BCUT2D eigenvalue weighted by molar-refractivity contribution is -0.123. The minimum Gasteiger partial charge on any atom is -0.490 e. The van der Waals surface area contributed by atoms with Gasteiger partial charge >= 0.3 is 0 Å². The maximum atomic E-state index is 13.3. The van der Waals surface area contributed by atoms with Crippen LogP contribution in [0.2, 0.25) is 0 Å². The largest absolute Gasteiger partial charge is 0.490 e. The van der Waals surface area contributed by atoms with Crippen LogP contribution in [0.15, 0.2) is 18.2 Å².